The molecule has 0 amide bonds. The summed E-state index contributed by atoms with van der Waals surface area (Å²) in [6, 6.07) is 4.23. The molecule has 0 saturated carbocycles. The first-order valence-corrected chi connectivity index (χ1v) is 6.26. The highest BCUT2D eigenvalue weighted by molar-refractivity contribution is 5.46. The quantitative estimate of drug-likeness (QED) is 0.747. The molecule has 0 unspecified atom stereocenters. The van der Waals surface area contributed by atoms with Crippen molar-refractivity contribution in [2.75, 3.05) is 24.6 Å². The van der Waals surface area contributed by atoms with Crippen LogP contribution in [0.25, 0.3) is 0 Å². The predicted molar refractivity (Wildman–Crippen MR) is 70.4 cm³/mol. The van der Waals surface area contributed by atoms with Gasteiger partial charge in [0, 0.05) is 30.7 Å². The smallest absolute Gasteiger partial charge is 0.0798 e. The maximum Gasteiger partial charge on any atom is 0.0798 e. The molecule has 3 nitrogen and oxygen atoms in total. The summed E-state index contributed by atoms with van der Waals surface area (Å²) in [7, 11) is 0. The first-order chi connectivity index (χ1) is 7.97. The van der Waals surface area contributed by atoms with Crippen molar-refractivity contribution in [3.8, 4) is 0 Å². The lowest BCUT2D eigenvalue weighted by molar-refractivity contribution is -0.0265. The lowest BCUT2D eigenvalue weighted by atomic mass is 9.88. The maximum absolute atomic E-state index is 5.87. The van der Waals surface area contributed by atoms with Crippen molar-refractivity contribution >= 4 is 5.69 Å². The molecular weight excluding hydrogens is 212 g/mol. The van der Waals surface area contributed by atoms with E-state index in [2.05, 4.69) is 42.8 Å². The second-order valence-corrected chi connectivity index (χ2v) is 5.83. The van der Waals surface area contributed by atoms with Gasteiger partial charge in [0.2, 0.25) is 0 Å². The van der Waals surface area contributed by atoms with E-state index in [-0.39, 0.29) is 5.41 Å². The first-order valence-electron chi connectivity index (χ1n) is 6.26. The lowest BCUT2D eigenvalue weighted by Gasteiger charge is -2.40. The Bertz CT molecular complexity index is 384. The van der Waals surface area contributed by atoms with Crippen LogP contribution in [0.15, 0.2) is 18.3 Å². The molecule has 1 aromatic rings. The van der Waals surface area contributed by atoms with E-state index in [9.17, 15) is 0 Å². The van der Waals surface area contributed by atoms with Crippen LogP contribution in [0.5, 0.6) is 0 Å². The van der Waals surface area contributed by atoms with E-state index in [1.165, 1.54) is 5.69 Å². The SMILES string of the molecule is Cc1cc(N2CCO[C@@H](C(C)(C)C)C2)ccn1. The molecule has 1 aliphatic rings. The monoisotopic (exact) mass is 234 g/mol. The van der Waals surface area contributed by atoms with Crippen molar-refractivity contribution in [3.05, 3.63) is 24.0 Å². The summed E-state index contributed by atoms with van der Waals surface area (Å²) in [6.45, 7) is 11.5. The molecule has 1 fully saturated rings. The van der Waals surface area contributed by atoms with E-state index in [1.54, 1.807) is 0 Å². The topological polar surface area (TPSA) is 25.4 Å². The number of ether oxygens (including phenoxy) is 1. The van der Waals surface area contributed by atoms with Gasteiger partial charge in [-0.1, -0.05) is 20.8 Å². The van der Waals surface area contributed by atoms with Crippen molar-refractivity contribution in [1.29, 1.82) is 0 Å². The second-order valence-electron chi connectivity index (χ2n) is 5.83. The number of morpholine rings is 1. The molecule has 94 valence electrons. The Morgan fingerprint density at radius 3 is 2.82 bits per heavy atom. The average molecular weight is 234 g/mol. The minimum absolute atomic E-state index is 0.195. The Balaban J connectivity index is 2.12. The van der Waals surface area contributed by atoms with Crippen LogP contribution in [0.1, 0.15) is 26.5 Å². The van der Waals surface area contributed by atoms with Crippen LogP contribution < -0.4 is 4.90 Å². The van der Waals surface area contributed by atoms with Gasteiger partial charge in [0.1, 0.15) is 0 Å². The third-order valence-electron chi connectivity index (χ3n) is 3.28. The zero-order chi connectivity index (χ0) is 12.5. The summed E-state index contributed by atoms with van der Waals surface area (Å²) < 4.78 is 5.87. The molecule has 0 aliphatic carbocycles. The standard InChI is InChI=1S/C14H22N2O/c1-11-9-12(5-6-15-11)16-7-8-17-13(10-16)14(2,3)4/h5-6,9,13H,7-8,10H2,1-4H3/t13-/m1/s1. The fourth-order valence-corrected chi connectivity index (χ4v) is 2.13. The zero-order valence-electron chi connectivity index (χ0n) is 11.2. The summed E-state index contributed by atoms with van der Waals surface area (Å²) in [6.07, 6.45) is 2.18. The van der Waals surface area contributed by atoms with E-state index in [4.69, 9.17) is 4.74 Å². The zero-order valence-corrected chi connectivity index (χ0v) is 11.2. The van der Waals surface area contributed by atoms with Crippen molar-refractivity contribution in [3.63, 3.8) is 0 Å². The Morgan fingerprint density at radius 2 is 2.18 bits per heavy atom. The molecule has 1 atom stereocenters. The summed E-state index contributed by atoms with van der Waals surface area (Å²) in [5.74, 6) is 0. The molecule has 0 bridgehead atoms. The molecule has 2 rings (SSSR count). The highest BCUT2D eigenvalue weighted by atomic mass is 16.5. The summed E-state index contributed by atoms with van der Waals surface area (Å²) in [5.41, 5.74) is 2.53. The van der Waals surface area contributed by atoms with Crippen LogP contribution in [0.3, 0.4) is 0 Å². The summed E-state index contributed by atoms with van der Waals surface area (Å²) >= 11 is 0. The van der Waals surface area contributed by atoms with Crippen LogP contribution in [0, 0.1) is 12.3 Å². The Labute approximate surface area is 104 Å². The van der Waals surface area contributed by atoms with Gasteiger partial charge in [-0.3, -0.25) is 4.98 Å². The normalized spacial score (nSPS) is 21.6. The molecule has 3 heteroatoms. The fraction of sp³-hybridized carbons (Fsp3) is 0.643. The van der Waals surface area contributed by atoms with Crippen molar-refractivity contribution < 1.29 is 4.74 Å². The highest BCUT2D eigenvalue weighted by Gasteiger charge is 2.30. The van der Waals surface area contributed by atoms with Crippen molar-refractivity contribution in [2.45, 2.75) is 33.8 Å². The lowest BCUT2D eigenvalue weighted by Crippen LogP contribution is -2.48. The molecule has 17 heavy (non-hydrogen) atoms. The third kappa shape index (κ3) is 2.97. The van der Waals surface area contributed by atoms with Gasteiger partial charge in [0.05, 0.1) is 12.7 Å². The fourth-order valence-electron chi connectivity index (χ4n) is 2.13. The molecule has 1 aromatic heterocycles. The van der Waals surface area contributed by atoms with Gasteiger partial charge in [-0.2, -0.15) is 0 Å². The molecule has 0 N–H and O–H groups in total. The van der Waals surface area contributed by atoms with Gasteiger partial charge in [-0.25, -0.2) is 0 Å². The van der Waals surface area contributed by atoms with E-state index in [0.29, 0.717) is 6.10 Å². The predicted octanol–water partition coefficient (Wildman–Crippen LogP) is 2.64. The van der Waals surface area contributed by atoms with Gasteiger partial charge < -0.3 is 9.64 Å². The van der Waals surface area contributed by atoms with E-state index >= 15 is 0 Å². The van der Waals surface area contributed by atoms with Crippen LogP contribution in [0.4, 0.5) is 5.69 Å². The minimum Gasteiger partial charge on any atom is -0.374 e. The van der Waals surface area contributed by atoms with Crippen LogP contribution in [0.2, 0.25) is 0 Å². The van der Waals surface area contributed by atoms with E-state index < -0.39 is 0 Å². The average Bonchev–Trinajstić information content (AvgIpc) is 2.28. The van der Waals surface area contributed by atoms with Gasteiger partial charge in [0.25, 0.3) is 0 Å². The van der Waals surface area contributed by atoms with Gasteiger partial charge in [0.15, 0.2) is 0 Å². The Morgan fingerprint density at radius 1 is 1.41 bits per heavy atom. The van der Waals surface area contributed by atoms with Gasteiger partial charge in [-0.05, 0) is 24.5 Å². The van der Waals surface area contributed by atoms with E-state index in [0.717, 1.165) is 25.4 Å². The summed E-state index contributed by atoms with van der Waals surface area (Å²) in [5, 5.41) is 0. The second kappa shape index (κ2) is 4.65. The minimum atomic E-state index is 0.195. The van der Waals surface area contributed by atoms with Crippen LogP contribution >= 0.6 is 0 Å². The molecule has 1 saturated heterocycles. The van der Waals surface area contributed by atoms with Crippen LogP contribution in [-0.2, 0) is 4.74 Å². The Hall–Kier alpha value is -1.09. The number of hydrogen-bond donors (Lipinski definition) is 0. The van der Waals surface area contributed by atoms with E-state index in [1.807, 2.05) is 13.1 Å². The molecule has 0 aromatic carbocycles. The third-order valence-corrected chi connectivity index (χ3v) is 3.28. The first kappa shape index (κ1) is 12.4. The van der Waals surface area contributed by atoms with Gasteiger partial charge in [-0.15, -0.1) is 0 Å². The van der Waals surface area contributed by atoms with Crippen molar-refractivity contribution in [2.24, 2.45) is 5.41 Å². The largest absolute Gasteiger partial charge is 0.374 e. The number of aromatic nitrogens is 1. The summed E-state index contributed by atoms with van der Waals surface area (Å²) in [4.78, 5) is 6.64. The molecule has 0 radical (unpaired) electrons. The molecule has 2 heterocycles. The number of nitrogens with zero attached hydrogens (tertiary/aromatic N) is 2. The molecular formula is C14H22N2O. The maximum atomic E-state index is 5.87. The number of rotatable bonds is 1. The number of anilines is 1. The molecule has 1 aliphatic heterocycles. The van der Waals surface area contributed by atoms with Crippen molar-refractivity contribution in [1.82, 2.24) is 4.98 Å². The molecule has 0 spiro atoms. The van der Waals surface area contributed by atoms with Gasteiger partial charge >= 0.3 is 0 Å². The van der Waals surface area contributed by atoms with Crippen LogP contribution in [-0.4, -0.2) is 30.8 Å². The number of aryl methyl sites for hydroxylation is 1. The number of pyridine rings is 1. The Kier molecular flexibility index (Phi) is 3.38. The number of hydrogen-bond acceptors (Lipinski definition) is 3. The highest BCUT2D eigenvalue weighted by Crippen LogP contribution is 2.27.